The molecule has 12 heavy (non-hydrogen) atoms. The Morgan fingerprint density at radius 2 is 1.50 bits per heavy atom. The van der Waals surface area contributed by atoms with Crippen LogP contribution in [0.25, 0.3) is 0 Å². The fourth-order valence-corrected chi connectivity index (χ4v) is 2.35. The Bertz CT molecular complexity index is 225. The van der Waals surface area contributed by atoms with E-state index >= 15 is 0 Å². The molecule has 0 aromatic heterocycles. The van der Waals surface area contributed by atoms with Crippen LogP contribution in [0.3, 0.4) is 0 Å². The first kappa shape index (κ1) is 8.03. The zero-order valence-corrected chi connectivity index (χ0v) is 7.57. The van der Waals surface area contributed by atoms with E-state index in [1.54, 1.807) is 0 Å². The van der Waals surface area contributed by atoms with E-state index < -0.39 is 0 Å². The van der Waals surface area contributed by atoms with E-state index in [1.165, 1.54) is 43.3 Å². The van der Waals surface area contributed by atoms with Crippen molar-refractivity contribution >= 4 is 5.78 Å². The molecule has 0 spiro atoms. The molecule has 0 aliphatic heterocycles. The monoisotopic (exact) mass is 164 g/mol. The van der Waals surface area contributed by atoms with Gasteiger partial charge in [0.15, 0.2) is 5.78 Å². The number of carbonyl (C=O) groups is 1. The van der Waals surface area contributed by atoms with Crippen molar-refractivity contribution in [2.45, 2.75) is 51.4 Å². The predicted octanol–water partition coefficient (Wildman–Crippen LogP) is 3.00. The van der Waals surface area contributed by atoms with Crippen LogP contribution in [0.4, 0.5) is 0 Å². The quantitative estimate of drug-likeness (QED) is 0.538. The molecule has 0 N–H and O–H groups in total. The van der Waals surface area contributed by atoms with Gasteiger partial charge < -0.3 is 0 Å². The number of hydrogen-bond acceptors (Lipinski definition) is 1. The molecule has 0 saturated heterocycles. The van der Waals surface area contributed by atoms with Crippen LogP contribution < -0.4 is 0 Å². The van der Waals surface area contributed by atoms with Crippen molar-refractivity contribution in [2.75, 3.05) is 0 Å². The number of carbonyl (C=O) groups excluding carboxylic acids is 1. The molecule has 0 heterocycles. The van der Waals surface area contributed by atoms with Crippen molar-refractivity contribution in [1.29, 1.82) is 0 Å². The fourth-order valence-electron chi connectivity index (χ4n) is 2.35. The summed E-state index contributed by atoms with van der Waals surface area (Å²) in [6.45, 7) is 0. The summed E-state index contributed by atoms with van der Waals surface area (Å²) in [5, 5.41) is 0. The van der Waals surface area contributed by atoms with E-state index in [9.17, 15) is 4.79 Å². The normalized spacial score (nSPS) is 25.2. The number of ketones is 1. The van der Waals surface area contributed by atoms with Gasteiger partial charge in [0, 0.05) is 6.42 Å². The van der Waals surface area contributed by atoms with Crippen LogP contribution in [-0.2, 0) is 4.79 Å². The van der Waals surface area contributed by atoms with Crippen LogP contribution in [0.1, 0.15) is 51.4 Å². The molecule has 66 valence electrons. The second kappa shape index (κ2) is 3.42. The molecule has 0 saturated carbocycles. The number of rotatable bonds is 0. The minimum absolute atomic E-state index is 0.451. The fraction of sp³-hybridized carbons (Fsp3) is 0.727. The molecular formula is C11H16O. The van der Waals surface area contributed by atoms with Crippen LogP contribution >= 0.6 is 0 Å². The first-order valence-corrected chi connectivity index (χ1v) is 5.12. The van der Waals surface area contributed by atoms with Crippen molar-refractivity contribution in [2.24, 2.45) is 0 Å². The molecule has 0 fully saturated rings. The Morgan fingerprint density at radius 3 is 2.33 bits per heavy atom. The van der Waals surface area contributed by atoms with Crippen LogP contribution in [-0.4, -0.2) is 5.78 Å². The highest BCUT2D eigenvalue weighted by atomic mass is 16.1. The summed E-state index contributed by atoms with van der Waals surface area (Å²) in [6.07, 6.45) is 9.42. The minimum atomic E-state index is 0.451. The van der Waals surface area contributed by atoms with Gasteiger partial charge in [0.05, 0.1) is 0 Å². The van der Waals surface area contributed by atoms with Crippen LogP contribution in [0.2, 0.25) is 0 Å². The van der Waals surface area contributed by atoms with Crippen molar-refractivity contribution in [3.05, 3.63) is 11.1 Å². The lowest BCUT2D eigenvalue weighted by Crippen LogP contribution is -1.98. The Hall–Kier alpha value is -0.590. The number of Topliss-reactive ketones (excluding diaryl/α,β-unsaturated/α-hetero) is 1. The molecule has 0 radical (unpaired) electrons. The highest BCUT2D eigenvalue weighted by molar-refractivity contribution is 5.98. The first-order valence-electron chi connectivity index (χ1n) is 5.12. The van der Waals surface area contributed by atoms with Gasteiger partial charge >= 0.3 is 0 Å². The second-order valence-electron chi connectivity index (χ2n) is 3.92. The molecule has 0 amide bonds. The molecule has 0 bridgehead atoms. The molecule has 0 unspecified atom stereocenters. The molecular weight excluding hydrogens is 148 g/mol. The zero-order valence-electron chi connectivity index (χ0n) is 7.57. The van der Waals surface area contributed by atoms with E-state index in [0.29, 0.717) is 5.78 Å². The SMILES string of the molecule is O=C1CCC2=C1CCCCCC2. The van der Waals surface area contributed by atoms with Gasteiger partial charge in [0.1, 0.15) is 0 Å². The Kier molecular flexibility index (Phi) is 2.29. The van der Waals surface area contributed by atoms with Gasteiger partial charge in [-0.2, -0.15) is 0 Å². The average molecular weight is 164 g/mol. The van der Waals surface area contributed by atoms with Gasteiger partial charge in [0.2, 0.25) is 0 Å². The third kappa shape index (κ3) is 1.45. The second-order valence-corrected chi connectivity index (χ2v) is 3.92. The minimum Gasteiger partial charge on any atom is -0.295 e. The lowest BCUT2D eigenvalue weighted by Gasteiger charge is -2.10. The van der Waals surface area contributed by atoms with Crippen molar-refractivity contribution in [3.8, 4) is 0 Å². The third-order valence-electron chi connectivity index (χ3n) is 3.07. The molecule has 1 nitrogen and oxygen atoms in total. The molecule has 0 atom stereocenters. The maximum absolute atomic E-state index is 11.4. The Labute approximate surface area is 73.8 Å². The molecule has 1 heteroatoms. The van der Waals surface area contributed by atoms with E-state index in [2.05, 4.69) is 0 Å². The Morgan fingerprint density at radius 1 is 0.750 bits per heavy atom. The maximum atomic E-state index is 11.4. The summed E-state index contributed by atoms with van der Waals surface area (Å²) in [4.78, 5) is 11.4. The highest BCUT2D eigenvalue weighted by Gasteiger charge is 2.22. The standard InChI is InChI=1S/C11H16O/c12-11-8-7-9-5-3-1-2-4-6-10(9)11/h1-8H2. The average Bonchev–Trinajstić information content (AvgIpc) is 2.31. The third-order valence-corrected chi connectivity index (χ3v) is 3.07. The predicted molar refractivity (Wildman–Crippen MR) is 49.0 cm³/mol. The van der Waals surface area contributed by atoms with E-state index in [1.807, 2.05) is 0 Å². The van der Waals surface area contributed by atoms with Gasteiger partial charge in [-0.1, -0.05) is 18.4 Å². The summed E-state index contributed by atoms with van der Waals surface area (Å²) in [5.41, 5.74) is 2.72. The van der Waals surface area contributed by atoms with Crippen LogP contribution in [0.5, 0.6) is 0 Å². The molecule has 2 aliphatic rings. The first-order chi connectivity index (χ1) is 5.88. The summed E-state index contributed by atoms with van der Waals surface area (Å²) in [5.74, 6) is 0.451. The van der Waals surface area contributed by atoms with Gasteiger partial charge in [-0.25, -0.2) is 0 Å². The van der Waals surface area contributed by atoms with Crippen molar-refractivity contribution in [1.82, 2.24) is 0 Å². The molecule has 2 aliphatic carbocycles. The van der Waals surface area contributed by atoms with E-state index in [-0.39, 0.29) is 0 Å². The largest absolute Gasteiger partial charge is 0.295 e. The van der Waals surface area contributed by atoms with E-state index in [4.69, 9.17) is 0 Å². The summed E-state index contributed by atoms with van der Waals surface area (Å²) < 4.78 is 0. The van der Waals surface area contributed by atoms with Gasteiger partial charge in [0.25, 0.3) is 0 Å². The smallest absolute Gasteiger partial charge is 0.159 e. The van der Waals surface area contributed by atoms with Crippen LogP contribution in [0.15, 0.2) is 11.1 Å². The zero-order chi connectivity index (χ0) is 8.39. The van der Waals surface area contributed by atoms with Crippen molar-refractivity contribution < 1.29 is 4.79 Å². The lowest BCUT2D eigenvalue weighted by molar-refractivity contribution is -0.115. The topological polar surface area (TPSA) is 17.1 Å². The van der Waals surface area contributed by atoms with E-state index in [0.717, 1.165) is 19.3 Å². The highest BCUT2D eigenvalue weighted by Crippen LogP contribution is 2.32. The summed E-state index contributed by atoms with van der Waals surface area (Å²) in [6, 6.07) is 0. The molecule has 2 rings (SSSR count). The summed E-state index contributed by atoms with van der Waals surface area (Å²) >= 11 is 0. The molecule has 0 aromatic carbocycles. The number of allylic oxidation sites excluding steroid dienone is 2. The lowest BCUT2D eigenvalue weighted by atomic mass is 9.95. The van der Waals surface area contributed by atoms with Gasteiger partial charge in [-0.3, -0.25) is 4.79 Å². The van der Waals surface area contributed by atoms with Crippen molar-refractivity contribution in [3.63, 3.8) is 0 Å². The van der Waals surface area contributed by atoms with Crippen LogP contribution in [0, 0.1) is 0 Å². The van der Waals surface area contributed by atoms with Gasteiger partial charge in [-0.05, 0) is 37.7 Å². The maximum Gasteiger partial charge on any atom is 0.159 e. The van der Waals surface area contributed by atoms with Gasteiger partial charge in [-0.15, -0.1) is 0 Å². The summed E-state index contributed by atoms with van der Waals surface area (Å²) in [7, 11) is 0. The number of hydrogen-bond donors (Lipinski definition) is 0. The molecule has 0 aromatic rings. The Balaban J connectivity index is 2.16.